The maximum atomic E-state index is 12.1. The number of sulfonamides is 1. The molecule has 1 rings (SSSR count). The van der Waals surface area contributed by atoms with Crippen LogP contribution in [0.1, 0.15) is 27.2 Å². The van der Waals surface area contributed by atoms with Crippen LogP contribution in [-0.4, -0.2) is 21.1 Å². The van der Waals surface area contributed by atoms with Crippen LogP contribution in [0.5, 0.6) is 5.75 Å². The molecule has 6 heteroatoms. The van der Waals surface area contributed by atoms with E-state index in [1.807, 2.05) is 20.8 Å². The Morgan fingerprint density at radius 3 is 2.61 bits per heavy atom. The maximum absolute atomic E-state index is 12.1. The van der Waals surface area contributed by atoms with Crippen molar-refractivity contribution in [1.82, 2.24) is 4.72 Å². The standard InChI is InChI=1S/C12H18BrNO3S/c1-4-9(3)14-18(15,16)10-6-7-11(13)12(8-10)17-5-2/h6-9,14H,4-5H2,1-3H3. The molecule has 4 nitrogen and oxygen atoms in total. The molecule has 0 radical (unpaired) electrons. The van der Waals surface area contributed by atoms with Crippen LogP contribution in [0.25, 0.3) is 0 Å². The molecule has 0 heterocycles. The SMILES string of the molecule is CCOc1cc(S(=O)(=O)NC(C)CC)ccc1Br. The van der Waals surface area contributed by atoms with Crippen LogP contribution in [0.2, 0.25) is 0 Å². The van der Waals surface area contributed by atoms with Crippen molar-refractivity contribution in [2.45, 2.75) is 38.1 Å². The van der Waals surface area contributed by atoms with Crippen LogP contribution in [0, 0.1) is 0 Å². The minimum atomic E-state index is -3.48. The van der Waals surface area contributed by atoms with E-state index in [-0.39, 0.29) is 10.9 Å². The Labute approximate surface area is 117 Å². The molecule has 1 unspecified atom stereocenters. The topological polar surface area (TPSA) is 55.4 Å². The molecule has 0 spiro atoms. The molecule has 0 bridgehead atoms. The lowest BCUT2D eigenvalue weighted by atomic mass is 10.3. The largest absolute Gasteiger partial charge is 0.493 e. The molecule has 0 aliphatic carbocycles. The van der Waals surface area contributed by atoms with E-state index in [0.29, 0.717) is 12.4 Å². The average molecular weight is 336 g/mol. The van der Waals surface area contributed by atoms with Crippen molar-refractivity contribution >= 4 is 26.0 Å². The van der Waals surface area contributed by atoms with Crippen LogP contribution in [0.3, 0.4) is 0 Å². The van der Waals surface area contributed by atoms with Gasteiger partial charge in [0.25, 0.3) is 0 Å². The van der Waals surface area contributed by atoms with Gasteiger partial charge >= 0.3 is 0 Å². The number of ether oxygens (including phenoxy) is 1. The third-order valence-electron chi connectivity index (χ3n) is 2.48. The van der Waals surface area contributed by atoms with Crippen molar-refractivity contribution in [3.05, 3.63) is 22.7 Å². The van der Waals surface area contributed by atoms with Crippen LogP contribution in [0.15, 0.2) is 27.6 Å². The van der Waals surface area contributed by atoms with Crippen molar-refractivity contribution in [3.8, 4) is 5.75 Å². The van der Waals surface area contributed by atoms with E-state index in [2.05, 4.69) is 20.7 Å². The minimum Gasteiger partial charge on any atom is -0.493 e. The van der Waals surface area contributed by atoms with Gasteiger partial charge in [-0.1, -0.05) is 6.92 Å². The van der Waals surface area contributed by atoms with E-state index in [1.54, 1.807) is 12.1 Å². The van der Waals surface area contributed by atoms with Gasteiger partial charge in [-0.05, 0) is 48.3 Å². The van der Waals surface area contributed by atoms with Crippen LogP contribution >= 0.6 is 15.9 Å². The molecule has 0 aliphatic heterocycles. The molecule has 0 aromatic heterocycles. The Bertz CT molecular complexity index is 502. The quantitative estimate of drug-likeness (QED) is 0.869. The Morgan fingerprint density at radius 1 is 1.39 bits per heavy atom. The lowest BCUT2D eigenvalue weighted by Gasteiger charge is -2.13. The Kier molecular flexibility index (Phi) is 5.62. The van der Waals surface area contributed by atoms with E-state index in [9.17, 15) is 8.42 Å². The van der Waals surface area contributed by atoms with E-state index >= 15 is 0 Å². The van der Waals surface area contributed by atoms with E-state index < -0.39 is 10.0 Å². The average Bonchev–Trinajstić information content (AvgIpc) is 2.31. The molecule has 1 N–H and O–H groups in total. The number of rotatable bonds is 6. The molecule has 18 heavy (non-hydrogen) atoms. The zero-order chi connectivity index (χ0) is 13.8. The molecule has 102 valence electrons. The Hall–Kier alpha value is -0.590. The molecule has 0 saturated heterocycles. The second-order valence-corrected chi connectivity index (χ2v) is 6.52. The highest BCUT2D eigenvalue weighted by molar-refractivity contribution is 9.10. The summed E-state index contributed by atoms with van der Waals surface area (Å²) in [6, 6.07) is 4.67. The van der Waals surface area contributed by atoms with Gasteiger partial charge < -0.3 is 4.74 Å². The molecular weight excluding hydrogens is 318 g/mol. The first-order valence-electron chi connectivity index (χ1n) is 5.85. The van der Waals surface area contributed by atoms with E-state index in [1.165, 1.54) is 6.07 Å². The highest BCUT2D eigenvalue weighted by atomic mass is 79.9. The van der Waals surface area contributed by atoms with Crippen molar-refractivity contribution < 1.29 is 13.2 Å². The summed E-state index contributed by atoms with van der Waals surface area (Å²) in [6.45, 7) is 6.10. The second-order valence-electron chi connectivity index (χ2n) is 3.96. The Balaban J connectivity index is 3.05. The molecule has 0 amide bonds. The molecule has 1 atom stereocenters. The smallest absolute Gasteiger partial charge is 0.240 e. The lowest BCUT2D eigenvalue weighted by Crippen LogP contribution is -2.32. The number of hydrogen-bond acceptors (Lipinski definition) is 3. The normalized spacial score (nSPS) is 13.3. The predicted octanol–water partition coefficient (Wildman–Crippen LogP) is 2.92. The van der Waals surface area contributed by atoms with Gasteiger partial charge in [0, 0.05) is 12.1 Å². The van der Waals surface area contributed by atoms with Gasteiger partial charge in [-0.3, -0.25) is 0 Å². The van der Waals surface area contributed by atoms with Gasteiger partial charge in [-0.15, -0.1) is 0 Å². The fraction of sp³-hybridized carbons (Fsp3) is 0.500. The summed E-state index contributed by atoms with van der Waals surface area (Å²) in [6.07, 6.45) is 0.744. The first-order valence-corrected chi connectivity index (χ1v) is 8.13. The summed E-state index contributed by atoms with van der Waals surface area (Å²) in [5.74, 6) is 0.532. The van der Waals surface area contributed by atoms with Crippen LogP contribution in [0.4, 0.5) is 0 Å². The van der Waals surface area contributed by atoms with Crippen molar-refractivity contribution in [1.29, 1.82) is 0 Å². The van der Waals surface area contributed by atoms with Crippen molar-refractivity contribution in [2.75, 3.05) is 6.61 Å². The van der Waals surface area contributed by atoms with E-state index in [4.69, 9.17) is 4.74 Å². The van der Waals surface area contributed by atoms with Crippen molar-refractivity contribution in [3.63, 3.8) is 0 Å². The predicted molar refractivity (Wildman–Crippen MR) is 75.4 cm³/mol. The highest BCUT2D eigenvalue weighted by Crippen LogP contribution is 2.28. The molecule has 0 saturated carbocycles. The van der Waals surface area contributed by atoms with E-state index in [0.717, 1.165) is 10.9 Å². The molecule has 0 fully saturated rings. The van der Waals surface area contributed by atoms with Gasteiger partial charge in [-0.2, -0.15) is 0 Å². The fourth-order valence-electron chi connectivity index (χ4n) is 1.33. The van der Waals surface area contributed by atoms with Crippen LogP contribution < -0.4 is 9.46 Å². The molecule has 1 aromatic carbocycles. The summed E-state index contributed by atoms with van der Waals surface area (Å²) in [5, 5.41) is 0. The van der Waals surface area contributed by atoms with Gasteiger partial charge in [0.15, 0.2) is 0 Å². The monoisotopic (exact) mass is 335 g/mol. The fourth-order valence-corrected chi connectivity index (χ4v) is 3.04. The zero-order valence-electron chi connectivity index (χ0n) is 10.7. The first-order chi connectivity index (χ1) is 8.40. The minimum absolute atomic E-state index is 0.0887. The summed E-state index contributed by atoms with van der Waals surface area (Å²) in [4.78, 5) is 0.217. The molecule has 1 aromatic rings. The Morgan fingerprint density at radius 2 is 2.06 bits per heavy atom. The van der Waals surface area contributed by atoms with Gasteiger partial charge in [-0.25, -0.2) is 13.1 Å². The first kappa shape index (κ1) is 15.5. The summed E-state index contributed by atoms with van der Waals surface area (Å²) in [7, 11) is -3.48. The number of halogens is 1. The van der Waals surface area contributed by atoms with Crippen molar-refractivity contribution in [2.24, 2.45) is 0 Å². The summed E-state index contributed by atoms with van der Waals surface area (Å²) < 4.78 is 32.9. The third kappa shape index (κ3) is 3.96. The zero-order valence-corrected chi connectivity index (χ0v) is 13.1. The number of hydrogen-bond donors (Lipinski definition) is 1. The van der Waals surface area contributed by atoms with Gasteiger partial charge in [0.1, 0.15) is 5.75 Å². The number of benzene rings is 1. The third-order valence-corrected chi connectivity index (χ3v) is 4.72. The van der Waals surface area contributed by atoms with Gasteiger partial charge in [0.2, 0.25) is 10.0 Å². The molecular formula is C12H18BrNO3S. The highest BCUT2D eigenvalue weighted by Gasteiger charge is 2.18. The lowest BCUT2D eigenvalue weighted by molar-refractivity contribution is 0.337. The summed E-state index contributed by atoms with van der Waals surface area (Å²) in [5.41, 5.74) is 0. The second kappa shape index (κ2) is 6.54. The van der Waals surface area contributed by atoms with Gasteiger partial charge in [0.05, 0.1) is 16.0 Å². The van der Waals surface area contributed by atoms with Crippen LogP contribution in [-0.2, 0) is 10.0 Å². The summed E-state index contributed by atoms with van der Waals surface area (Å²) >= 11 is 3.32. The molecule has 0 aliphatic rings. The number of nitrogens with one attached hydrogen (secondary N) is 1. The maximum Gasteiger partial charge on any atom is 0.240 e.